The molecule has 0 aliphatic rings. The van der Waals surface area contributed by atoms with E-state index in [4.69, 9.17) is 9.47 Å². The first-order chi connectivity index (χ1) is 14.5. The molecule has 2 aromatic rings. The average molecular weight is 412 g/mol. The van der Waals surface area contributed by atoms with E-state index in [1.165, 1.54) is 12.1 Å². The highest BCUT2D eigenvalue weighted by Crippen LogP contribution is 2.18. The van der Waals surface area contributed by atoms with Gasteiger partial charge in [0.1, 0.15) is 6.61 Å². The predicted molar refractivity (Wildman–Crippen MR) is 113 cm³/mol. The lowest BCUT2D eigenvalue weighted by Crippen LogP contribution is -2.17. The maximum Gasteiger partial charge on any atom is 0.339 e. The molecule has 30 heavy (non-hydrogen) atoms. The summed E-state index contributed by atoms with van der Waals surface area (Å²) >= 11 is 0. The quantitative estimate of drug-likeness (QED) is 0.516. The summed E-state index contributed by atoms with van der Waals surface area (Å²) in [6, 6.07) is 13.0. The molecule has 0 radical (unpaired) electrons. The van der Waals surface area contributed by atoms with Crippen molar-refractivity contribution in [1.82, 2.24) is 0 Å². The van der Waals surface area contributed by atoms with E-state index in [1.807, 2.05) is 37.3 Å². The molecule has 0 fully saturated rings. The third-order valence-corrected chi connectivity index (χ3v) is 4.91. The van der Waals surface area contributed by atoms with Gasteiger partial charge in [0.25, 0.3) is 0 Å². The van der Waals surface area contributed by atoms with Gasteiger partial charge in [-0.2, -0.15) is 0 Å². The molecule has 0 bridgehead atoms. The molecule has 0 amide bonds. The first kappa shape index (κ1) is 23.1. The summed E-state index contributed by atoms with van der Waals surface area (Å²) in [5.74, 6) is -2.43. The third kappa shape index (κ3) is 6.72. The normalized spacial score (nSPS) is 11.5. The summed E-state index contributed by atoms with van der Waals surface area (Å²) in [5.41, 5.74) is 0.524. The summed E-state index contributed by atoms with van der Waals surface area (Å²) in [7, 11) is 0. The monoisotopic (exact) mass is 412 g/mol. The van der Waals surface area contributed by atoms with Gasteiger partial charge in [-0.3, -0.25) is 0 Å². The lowest BCUT2D eigenvalue weighted by Gasteiger charge is -2.15. The standard InChI is InChI=1S/C24H28O6/c1-3-5-9-17(4-2)15-30-24(28)20-13-12-19(14-21(20)22(25)26)23(27)29-16-18-10-7-6-8-11-18/h6-8,10-14,17H,3-5,9,15-16H2,1-2H3,(H,25,26). The van der Waals surface area contributed by atoms with Crippen LogP contribution in [0, 0.1) is 5.92 Å². The highest BCUT2D eigenvalue weighted by molar-refractivity contribution is 6.04. The van der Waals surface area contributed by atoms with Crippen molar-refractivity contribution in [3.05, 3.63) is 70.8 Å². The first-order valence-electron chi connectivity index (χ1n) is 10.2. The molecule has 0 spiro atoms. The zero-order valence-electron chi connectivity index (χ0n) is 17.4. The smallest absolute Gasteiger partial charge is 0.339 e. The maximum atomic E-state index is 12.5. The van der Waals surface area contributed by atoms with E-state index >= 15 is 0 Å². The Balaban J connectivity index is 2.07. The van der Waals surface area contributed by atoms with Crippen LogP contribution in [0.2, 0.25) is 0 Å². The molecule has 6 heteroatoms. The van der Waals surface area contributed by atoms with Gasteiger partial charge < -0.3 is 14.6 Å². The number of carboxylic acids is 1. The second-order valence-corrected chi connectivity index (χ2v) is 7.14. The number of carbonyl (C=O) groups is 3. The Morgan fingerprint density at radius 1 is 0.933 bits per heavy atom. The molecule has 160 valence electrons. The molecule has 2 aromatic carbocycles. The molecule has 1 N–H and O–H groups in total. The molecule has 0 saturated carbocycles. The largest absolute Gasteiger partial charge is 0.478 e. The van der Waals surface area contributed by atoms with E-state index in [2.05, 4.69) is 6.92 Å². The van der Waals surface area contributed by atoms with E-state index in [9.17, 15) is 19.5 Å². The number of esters is 2. The van der Waals surface area contributed by atoms with Gasteiger partial charge in [-0.15, -0.1) is 0 Å². The number of carbonyl (C=O) groups excluding carboxylic acids is 2. The van der Waals surface area contributed by atoms with Gasteiger partial charge in [-0.1, -0.05) is 63.4 Å². The first-order valence-corrected chi connectivity index (χ1v) is 10.2. The van der Waals surface area contributed by atoms with Crippen LogP contribution < -0.4 is 0 Å². The molecule has 1 atom stereocenters. The second-order valence-electron chi connectivity index (χ2n) is 7.14. The van der Waals surface area contributed by atoms with Crippen molar-refractivity contribution >= 4 is 17.9 Å². The summed E-state index contributed by atoms with van der Waals surface area (Å²) in [6.45, 7) is 4.45. The average Bonchev–Trinajstić information content (AvgIpc) is 2.77. The van der Waals surface area contributed by atoms with Crippen LogP contribution in [-0.2, 0) is 16.1 Å². The topological polar surface area (TPSA) is 89.9 Å². The molecule has 0 aliphatic carbocycles. The minimum atomic E-state index is -1.31. The third-order valence-electron chi connectivity index (χ3n) is 4.91. The van der Waals surface area contributed by atoms with Gasteiger partial charge in [-0.25, -0.2) is 14.4 Å². The Hall–Kier alpha value is -3.15. The number of ether oxygens (including phenoxy) is 2. The van der Waals surface area contributed by atoms with Crippen molar-refractivity contribution in [2.45, 2.75) is 46.1 Å². The van der Waals surface area contributed by atoms with Gasteiger partial charge >= 0.3 is 17.9 Å². The molecular weight excluding hydrogens is 384 g/mol. The van der Waals surface area contributed by atoms with Crippen LogP contribution in [0.1, 0.15) is 76.2 Å². The Bertz CT molecular complexity index is 859. The second kappa shape index (κ2) is 11.8. The highest BCUT2D eigenvalue weighted by atomic mass is 16.5. The van der Waals surface area contributed by atoms with Crippen LogP contribution in [0.3, 0.4) is 0 Å². The number of rotatable bonds is 11. The van der Waals surface area contributed by atoms with Crippen molar-refractivity contribution in [3.63, 3.8) is 0 Å². The minimum Gasteiger partial charge on any atom is -0.478 e. The van der Waals surface area contributed by atoms with Crippen molar-refractivity contribution in [2.24, 2.45) is 5.92 Å². The fourth-order valence-corrected chi connectivity index (χ4v) is 3.00. The van der Waals surface area contributed by atoms with E-state index in [0.717, 1.165) is 37.3 Å². The molecule has 0 aliphatic heterocycles. The molecule has 0 aromatic heterocycles. The Labute approximate surface area is 176 Å². The number of carboxylic acid groups (broad SMARTS) is 1. The van der Waals surface area contributed by atoms with Gasteiger partial charge in [-0.05, 0) is 36.1 Å². The molecule has 1 unspecified atom stereocenters. The molecule has 6 nitrogen and oxygen atoms in total. The summed E-state index contributed by atoms with van der Waals surface area (Å²) in [5, 5.41) is 9.51. The maximum absolute atomic E-state index is 12.5. The summed E-state index contributed by atoms with van der Waals surface area (Å²) in [4.78, 5) is 36.4. The molecule has 2 rings (SSSR count). The number of aromatic carboxylic acids is 1. The number of unbranched alkanes of at least 4 members (excludes halogenated alkanes) is 1. The van der Waals surface area contributed by atoms with Crippen LogP contribution >= 0.6 is 0 Å². The van der Waals surface area contributed by atoms with Gasteiger partial charge in [0, 0.05) is 0 Å². The Kier molecular flexibility index (Phi) is 9.06. The number of hydrogen-bond acceptors (Lipinski definition) is 5. The van der Waals surface area contributed by atoms with Gasteiger partial charge in [0.05, 0.1) is 23.3 Å². The van der Waals surface area contributed by atoms with Crippen molar-refractivity contribution in [3.8, 4) is 0 Å². The van der Waals surface area contributed by atoms with Gasteiger partial charge in [0.15, 0.2) is 0 Å². The summed E-state index contributed by atoms with van der Waals surface area (Å²) in [6.07, 6.45) is 3.95. The number of benzene rings is 2. The van der Waals surface area contributed by atoms with Crippen LogP contribution in [0.25, 0.3) is 0 Å². The fourth-order valence-electron chi connectivity index (χ4n) is 3.00. The Morgan fingerprint density at radius 3 is 2.30 bits per heavy atom. The number of hydrogen-bond donors (Lipinski definition) is 1. The minimum absolute atomic E-state index is 0.0641. The van der Waals surface area contributed by atoms with E-state index in [0.29, 0.717) is 0 Å². The molecular formula is C24H28O6. The summed E-state index contributed by atoms with van der Waals surface area (Å²) < 4.78 is 10.6. The van der Waals surface area contributed by atoms with Crippen molar-refractivity contribution in [1.29, 1.82) is 0 Å². The van der Waals surface area contributed by atoms with Crippen LogP contribution in [-0.4, -0.2) is 29.6 Å². The van der Waals surface area contributed by atoms with E-state index in [-0.39, 0.29) is 35.8 Å². The van der Waals surface area contributed by atoms with Crippen LogP contribution in [0.4, 0.5) is 0 Å². The highest BCUT2D eigenvalue weighted by Gasteiger charge is 2.21. The fraction of sp³-hybridized carbons (Fsp3) is 0.375. The predicted octanol–water partition coefficient (Wildman–Crippen LogP) is 5.12. The Morgan fingerprint density at radius 2 is 1.67 bits per heavy atom. The lowest BCUT2D eigenvalue weighted by molar-refractivity contribution is 0.0417. The van der Waals surface area contributed by atoms with E-state index in [1.54, 1.807) is 0 Å². The van der Waals surface area contributed by atoms with Crippen molar-refractivity contribution < 1.29 is 29.0 Å². The molecule has 0 saturated heterocycles. The zero-order chi connectivity index (χ0) is 21.9. The van der Waals surface area contributed by atoms with Crippen LogP contribution in [0.5, 0.6) is 0 Å². The zero-order valence-corrected chi connectivity index (χ0v) is 17.4. The lowest BCUT2D eigenvalue weighted by atomic mass is 10.0. The molecule has 0 heterocycles. The van der Waals surface area contributed by atoms with Gasteiger partial charge in [0.2, 0.25) is 0 Å². The van der Waals surface area contributed by atoms with Crippen molar-refractivity contribution in [2.75, 3.05) is 6.61 Å². The van der Waals surface area contributed by atoms with E-state index < -0.39 is 17.9 Å². The van der Waals surface area contributed by atoms with Crippen LogP contribution in [0.15, 0.2) is 48.5 Å². The SMILES string of the molecule is CCCCC(CC)COC(=O)c1ccc(C(=O)OCc2ccccc2)cc1C(=O)O.